The van der Waals surface area contributed by atoms with E-state index in [2.05, 4.69) is 0 Å². The minimum absolute atomic E-state index is 0.301. The van der Waals surface area contributed by atoms with E-state index < -0.39 is 11.9 Å². The molecule has 0 saturated carbocycles. The van der Waals surface area contributed by atoms with E-state index in [1.807, 2.05) is 44.2 Å². The first-order valence-corrected chi connectivity index (χ1v) is 7.11. The molecule has 0 aromatic heterocycles. The first-order valence-electron chi connectivity index (χ1n) is 7.11. The van der Waals surface area contributed by atoms with Crippen molar-refractivity contribution in [2.45, 2.75) is 51.1 Å². The second-order valence-electron chi connectivity index (χ2n) is 5.03. The van der Waals surface area contributed by atoms with Crippen LogP contribution >= 0.6 is 0 Å². The van der Waals surface area contributed by atoms with Crippen LogP contribution in [0, 0.1) is 0 Å². The van der Waals surface area contributed by atoms with Crippen LogP contribution in [0.15, 0.2) is 30.3 Å². The van der Waals surface area contributed by atoms with E-state index in [9.17, 15) is 4.79 Å². The summed E-state index contributed by atoms with van der Waals surface area (Å²) < 4.78 is 16.8. The maximum Gasteiger partial charge on any atom is 0.337 e. The topological polar surface area (TPSA) is 44.8 Å². The zero-order chi connectivity index (χ0) is 14.6. The Morgan fingerprint density at radius 3 is 2.40 bits per heavy atom. The molecule has 4 heteroatoms. The number of hydrogen-bond donors (Lipinski definition) is 0. The standard InChI is InChI=1S/C16H22O4/c1-4-16(5-2)19-13(14(20-16)15(17)18-3)11-12-9-7-6-8-10-12/h6-10,13-14H,4-5,11H2,1-3H3. The van der Waals surface area contributed by atoms with Crippen LogP contribution in [-0.2, 0) is 25.4 Å². The smallest absolute Gasteiger partial charge is 0.337 e. The lowest BCUT2D eigenvalue weighted by molar-refractivity contribution is -0.187. The SMILES string of the molecule is CCC1(CC)OC(Cc2ccccc2)C(C(=O)OC)O1. The summed E-state index contributed by atoms with van der Waals surface area (Å²) in [6, 6.07) is 9.97. The molecule has 2 atom stereocenters. The van der Waals surface area contributed by atoms with E-state index in [0.717, 1.165) is 5.56 Å². The number of rotatable bonds is 5. The molecule has 0 spiro atoms. The minimum Gasteiger partial charge on any atom is -0.467 e. The van der Waals surface area contributed by atoms with Gasteiger partial charge < -0.3 is 14.2 Å². The van der Waals surface area contributed by atoms with Crippen LogP contribution < -0.4 is 0 Å². The highest BCUT2D eigenvalue weighted by atomic mass is 16.8. The number of carbonyl (C=O) groups is 1. The summed E-state index contributed by atoms with van der Waals surface area (Å²) in [4.78, 5) is 11.9. The number of ether oxygens (including phenoxy) is 3. The molecule has 0 bridgehead atoms. The number of benzene rings is 1. The average molecular weight is 278 g/mol. The molecule has 2 unspecified atom stereocenters. The quantitative estimate of drug-likeness (QED) is 0.777. The zero-order valence-corrected chi connectivity index (χ0v) is 12.3. The fourth-order valence-electron chi connectivity index (χ4n) is 2.57. The van der Waals surface area contributed by atoms with Gasteiger partial charge in [0.1, 0.15) is 6.10 Å². The van der Waals surface area contributed by atoms with Crippen LogP contribution in [-0.4, -0.2) is 31.1 Å². The van der Waals surface area contributed by atoms with E-state index in [-0.39, 0.29) is 12.1 Å². The second kappa shape index (κ2) is 6.37. The molecule has 1 saturated heterocycles. The predicted octanol–water partition coefficient (Wildman–Crippen LogP) is 2.70. The van der Waals surface area contributed by atoms with Gasteiger partial charge in [-0.15, -0.1) is 0 Å². The third-order valence-corrected chi connectivity index (χ3v) is 3.84. The highest BCUT2D eigenvalue weighted by Crippen LogP contribution is 2.36. The minimum atomic E-state index is -0.668. The van der Waals surface area contributed by atoms with Crippen molar-refractivity contribution >= 4 is 5.97 Å². The third kappa shape index (κ3) is 3.02. The van der Waals surface area contributed by atoms with Crippen LogP contribution in [0.5, 0.6) is 0 Å². The summed E-state index contributed by atoms with van der Waals surface area (Å²) in [6.07, 6.45) is 1.11. The fourth-order valence-corrected chi connectivity index (χ4v) is 2.57. The van der Waals surface area contributed by atoms with Gasteiger partial charge >= 0.3 is 5.97 Å². The highest BCUT2D eigenvalue weighted by Gasteiger charge is 2.48. The van der Waals surface area contributed by atoms with Gasteiger partial charge in [0.2, 0.25) is 0 Å². The van der Waals surface area contributed by atoms with Crippen LogP contribution in [0.25, 0.3) is 0 Å². The van der Waals surface area contributed by atoms with Gasteiger partial charge in [0, 0.05) is 6.42 Å². The highest BCUT2D eigenvalue weighted by molar-refractivity contribution is 5.75. The van der Waals surface area contributed by atoms with E-state index >= 15 is 0 Å². The lowest BCUT2D eigenvalue weighted by atomic mass is 10.0. The molecule has 110 valence electrons. The normalized spacial score (nSPS) is 24.6. The lowest BCUT2D eigenvalue weighted by Gasteiger charge is -2.24. The molecule has 2 rings (SSSR count). The van der Waals surface area contributed by atoms with Crippen LogP contribution in [0.3, 0.4) is 0 Å². The van der Waals surface area contributed by atoms with Crippen molar-refractivity contribution in [3.05, 3.63) is 35.9 Å². The van der Waals surface area contributed by atoms with Gasteiger partial charge in [0.05, 0.1) is 7.11 Å². The molecular weight excluding hydrogens is 256 g/mol. The lowest BCUT2D eigenvalue weighted by Crippen LogP contribution is -2.34. The summed E-state index contributed by atoms with van der Waals surface area (Å²) in [5.74, 6) is -1.03. The maximum absolute atomic E-state index is 11.9. The molecule has 1 aliphatic heterocycles. The van der Waals surface area contributed by atoms with E-state index in [0.29, 0.717) is 19.3 Å². The summed E-state index contributed by atoms with van der Waals surface area (Å²) in [7, 11) is 1.38. The number of carbonyl (C=O) groups excluding carboxylic acids is 1. The molecule has 0 amide bonds. The Bertz CT molecular complexity index is 439. The predicted molar refractivity (Wildman–Crippen MR) is 75.2 cm³/mol. The monoisotopic (exact) mass is 278 g/mol. The van der Waals surface area contributed by atoms with Crippen LogP contribution in [0.4, 0.5) is 0 Å². The van der Waals surface area contributed by atoms with Crippen LogP contribution in [0.1, 0.15) is 32.3 Å². The molecule has 1 aliphatic rings. The molecule has 0 radical (unpaired) electrons. The molecule has 1 fully saturated rings. The number of methoxy groups -OCH3 is 1. The zero-order valence-electron chi connectivity index (χ0n) is 12.3. The fraction of sp³-hybridized carbons (Fsp3) is 0.562. The molecule has 1 aromatic carbocycles. The molecule has 20 heavy (non-hydrogen) atoms. The second-order valence-corrected chi connectivity index (χ2v) is 5.03. The van der Waals surface area contributed by atoms with Gasteiger partial charge in [-0.1, -0.05) is 44.2 Å². The Hall–Kier alpha value is -1.39. The molecule has 0 aliphatic carbocycles. The summed E-state index contributed by atoms with van der Waals surface area (Å²) in [5.41, 5.74) is 1.12. The molecule has 1 aromatic rings. The van der Waals surface area contributed by atoms with E-state index in [4.69, 9.17) is 14.2 Å². The third-order valence-electron chi connectivity index (χ3n) is 3.84. The van der Waals surface area contributed by atoms with Gasteiger partial charge in [-0.3, -0.25) is 0 Å². The van der Waals surface area contributed by atoms with Crippen molar-refractivity contribution in [2.24, 2.45) is 0 Å². The first kappa shape index (κ1) is 15.0. The average Bonchev–Trinajstić information content (AvgIpc) is 2.87. The Morgan fingerprint density at radius 1 is 1.20 bits per heavy atom. The Balaban J connectivity index is 2.17. The van der Waals surface area contributed by atoms with Crippen molar-refractivity contribution in [3.8, 4) is 0 Å². The van der Waals surface area contributed by atoms with E-state index in [1.54, 1.807) is 0 Å². The first-order chi connectivity index (χ1) is 9.64. The maximum atomic E-state index is 11.9. The van der Waals surface area contributed by atoms with Crippen molar-refractivity contribution in [1.29, 1.82) is 0 Å². The molecular formula is C16H22O4. The van der Waals surface area contributed by atoms with Gasteiger partial charge in [0.25, 0.3) is 0 Å². The largest absolute Gasteiger partial charge is 0.467 e. The summed E-state index contributed by atoms with van der Waals surface area (Å²) in [6.45, 7) is 4.01. The van der Waals surface area contributed by atoms with Crippen molar-refractivity contribution in [1.82, 2.24) is 0 Å². The van der Waals surface area contributed by atoms with Crippen molar-refractivity contribution < 1.29 is 19.0 Å². The van der Waals surface area contributed by atoms with Crippen molar-refractivity contribution in [2.75, 3.05) is 7.11 Å². The molecule has 1 heterocycles. The van der Waals surface area contributed by atoms with Gasteiger partial charge in [-0.05, 0) is 18.4 Å². The number of esters is 1. The van der Waals surface area contributed by atoms with Gasteiger partial charge in [-0.25, -0.2) is 4.79 Å². The Morgan fingerprint density at radius 2 is 1.85 bits per heavy atom. The summed E-state index contributed by atoms with van der Waals surface area (Å²) in [5, 5.41) is 0. The molecule has 4 nitrogen and oxygen atoms in total. The number of hydrogen-bond acceptors (Lipinski definition) is 4. The van der Waals surface area contributed by atoms with Gasteiger partial charge in [0.15, 0.2) is 11.9 Å². The Labute approximate surface area is 120 Å². The van der Waals surface area contributed by atoms with Gasteiger partial charge in [-0.2, -0.15) is 0 Å². The molecule has 0 N–H and O–H groups in total. The van der Waals surface area contributed by atoms with Crippen molar-refractivity contribution in [3.63, 3.8) is 0 Å². The van der Waals surface area contributed by atoms with E-state index in [1.165, 1.54) is 7.11 Å². The Kier molecular flexibility index (Phi) is 4.78. The summed E-state index contributed by atoms with van der Waals surface area (Å²) >= 11 is 0. The van der Waals surface area contributed by atoms with Crippen LogP contribution in [0.2, 0.25) is 0 Å².